The summed E-state index contributed by atoms with van der Waals surface area (Å²) in [4.78, 5) is 11.4. The molecule has 0 aliphatic heterocycles. The minimum absolute atomic E-state index is 0.190. The molecule has 0 aliphatic carbocycles. The number of rotatable bonds is 3. The molecule has 0 saturated heterocycles. The van der Waals surface area contributed by atoms with Crippen molar-refractivity contribution in [1.29, 1.82) is 0 Å². The van der Waals surface area contributed by atoms with Gasteiger partial charge in [0, 0.05) is 4.47 Å². The molecule has 0 saturated carbocycles. The lowest BCUT2D eigenvalue weighted by Gasteiger charge is -2.09. The van der Waals surface area contributed by atoms with Gasteiger partial charge in [0.1, 0.15) is 5.75 Å². The summed E-state index contributed by atoms with van der Waals surface area (Å²) in [6.07, 6.45) is -0.874. The van der Waals surface area contributed by atoms with Crippen molar-refractivity contribution < 1.29 is 14.3 Å². The van der Waals surface area contributed by atoms with Crippen molar-refractivity contribution >= 4 is 22.1 Å². The number of carbonyl (C=O) groups is 1. The van der Waals surface area contributed by atoms with E-state index in [1.54, 1.807) is 26.0 Å². The van der Waals surface area contributed by atoms with E-state index in [1.165, 1.54) is 0 Å². The summed E-state index contributed by atoms with van der Waals surface area (Å²) in [5.74, 6) is 0.469. The predicted octanol–water partition coefficient (Wildman–Crippen LogP) is 5.04. The molecule has 20 heavy (non-hydrogen) atoms. The topological polar surface area (TPSA) is 35.5 Å². The van der Waals surface area contributed by atoms with Crippen molar-refractivity contribution in [1.82, 2.24) is 0 Å². The fourth-order valence-electron chi connectivity index (χ4n) is 1.67. The Morgan fingerprint density at radius 2 is 1.45 bits per heavy atom. The Kier molecular flexibility index (Phi) is 4.79. The lowest BCUT2D eigenvalue weighted by atomic mass is 10.1. The Bertz CT molecular complexity index is 574. The van der Waals surface area contributed by atoms with E-state index in [9.17, 15) is 4.79 Å². The molecule has 0 bridgehead atoms. The van der Waals surface area contributed by atoms with Crippen molar-refractivity contribution in [2.24, 2.45) is 0 Å². The van der Waals surface area contributed by atoms with Crippen LogP contribution in [0.1, 0.15) is 13.8 Å². The predicted molar refractivity (Wildman–Crippen MR) is 81.8 cm³/mol. The Morgan fingerprint density at radius 1 is 0.950 bits per heavy atom. The van der Waals surface area contributed by atoms with E-state index in [0.29, 0.717) is 5.75 Å². The van der Waals surface area contributed by atoms with Crippen LogP contribution in [0.25, 0.3) is 11.1 Å². The summed E-state index contributed by atoms with van der Waals surface area (Å²) >= 11 is 3.40. The molecule has 0 N–H and O–H groups in total. The third-order valence-electron chi connectivity index (χ3n) is 2.56. The average Bonchev–Trinajstić information content (AvgIpc) is 2.39. The summed E-state index contributed by atoms with van der Waals surface area (Å²) in [5, 5.41) is 0. The first kappa shape index (κ1) is 14.6. The van der Waals surface area contributed by atoms with E-state index in [2.05, 4.69) is 15.9 Å². The minimum atomic E-state index is -0.684. The number of benzene rings is 2. The van der Waals surface area contributed by atoms with E-state index >= 15 is 0 Å². The Hall–Kier alpha value is -1.81. The first-order valence-corrected chi connectivity index (χ1v) is 7.08. The van der Waals surface area contributed by atoms with Crippen molar-refractivity contribution in [2.45, 2.75) is 20.0 Å². The third kappa shape index (κ3) is 4.10. The van der Waals surface area contributed by atoms with Gasteiger partial charge in [-0.3, -0.25) is 0 Å². The van der Waals surface area contributed by atoms with Crippen molar-refractivity contribution in [3.8, 4) is 16.9 Å². The number of hydrogen-bond donors (Lipinski definition) is 0. The molecule has 0 aliphatic rings. The molecule has 2 aromatic rings. The van der Waals surface area contributed by atoms with Crippen LogP contribution in [0.3, 0.4) is 0 Å². The molecule has 0 heterocycles. The lowest BCUT2D eigenvalue weighted by molar-refractivity contribution is 0.0729. The molecule has 0 aromatic heterocycles. The van der Waals surface area contributed by atoms with Crippen LogP contribution in [0.4, 0.5) is 4.79 Å². The first-order valence-electron chi connectivity index (χ1n) is 6.29. The summed E-state index contributed by atoms with van der Waals surface area (Å²) in [6, 6.07) is 15.3. The van der Waals surface area contributed by atoms with Gasteiger partial charge < -0.3 is 9.47 Å². The molecular formula is C16H15BrO3. The Labute approximate surface area is 126 Å². The molecule has 0 atom stereocenters. The third-order valence-corrected chi connectivity index (χ3v) is 3.09. The summed E-state index contributed by atoms with van der Waals surface area (Å²) in [7, 11) is 0. The first-order chi connectivity index (χ1) is 9.54. The van der Waals surface area contributed by atoms with Gasteiger partial charge in [-0.2, -0.15) is 0 Å². The molecule has 3 nitrogen and oxygen atoms in total. The van der Waals surface area contributed by atoms with Gasteiger partial charge in [-0.1, -0.05) is 40.2 Å². The molecule has 2 rings (SSSR count). The van der Waals surface area contributed by atoms with E-state index in [4.69, 9.17) is 9.47 Å². The van der Waals surface area contributed by atoms with Crippen molar-refractivity contribution in [2.75, 3.05) is 0 Å². The second-order valence-corrected chi connectivity index (χ2v) is 5.47. The molecule has 0 unspecified atom stereocenters. The smallest absolute Gasteiger partial charge is 0.431 e. The van der Waals surface area contributed by atoms with E-state index in [-0.39, 0.29) is 6.10 Å². The van der Waals surface area contributed by atoms with Gasteiger partial charge >= 0.3 is 6.16 Å². The normalized spacial score (nSPS) is 10.4. The van der Waals surface area contributed by atoms with Gasteiger partial charge in [-0.05, 0) is 49.2 Å². The van der Waals surface area contributed by atoms with Gasteiger partial charge in [0.2, 0.25) is 0 Å². The Morgan fingerprint density at radius 3 is 1.95 bits per heavy atom. The van der Waals surface area contributed by atoms with Crippen LogP contribution < -0.4 is 4.74 Å². The van der Waals surface area contributed by atoms with Gasteiger partial charge in [0.05, 0.1) is 6.10 Å². The zero-order valence-corrected chi connectivity index (χ0v) is 12.9. The molecule has 4 heteroatoms. The van der Waals surface area contributed by atoms with E-state index in [0.717, 1.165) is 15.6 Å². The monoisotopic (exact) mass is 334 g/mol. The molecular weight excluding hydrogens is 320 g/mol. The van der Waals surface area contributed by atoms with Gasteiger partial charge in [-0.25, -0.2) is 4.79 Å². The number of carbonyl (C=O) groups excluding carboxylic acids is 1. The standard InChI is InChI=1S/C16H15BrO3/c1-11(2)19-16(18)20-15-9-5-13(6-10-15)12-3-7-14(17)8-4-12/h3-11H,1-2H3. The maximum absolute atomic E-state index is 11.4. The number of halogens is 1. The Balaban J connectivity index is 2.06. The van der Waals surface area contributed by atoms with Gasteiger partial charge in [-0.15, -0.1) is 0 Å². The molecule has 104 valence electrons. The average molecular weight is 335 g/mol. The largest absolute Gasteiger partial charge is 0.514 e. The second kappa shape index (κ2) is 6.57. The lowest BCUT2D eigenvalue weighted by Crippen LogP contribution is -2.15. The molecule has 0 spiro atoms. The van der Waals surface area contributed by atoms with Crippen molar-refractivity contribution in [3.05, 3.63) is 53.0 Å². The highest BCUT2D eigenvalue weighted by Crippen LogP contribution is 2.24. The highest BCUT2D eigenvalue weighted by atomic mass is 79.9. The quantitative estimate of drug-likeness (QED) is 0.582. The molecule has 0 radical (unpaired) electrons. The van der Waals surface area contributed by atoms with Crippen LogP contribution in [-0.4, -0.2) is 12.3 Å². The van der Waals surface area contributed by atoms with Gasteiger partial charge in [0.15, 0.2) is 0 Å². The summed E-state index contributed by atoms with van der Waals surface area (Å²) < 4.78 is 11.0. The van der Waals surface area contributed by atoms with Crippen LogP contribution in [0.5, 0.6) is 5.75 Å². The highest BCUT2D eigenvalue weighted by molar-refractivity contribution is 9.10. The van der Waals surface area contributed by atoms with Crippen molar-refractivity contribution in [3.63, 3.8) is 0 Å². The van der Waals surface area contributed by atoms with Crippen LogP contribution in [0.2, 0.25) is 0 Å². The fraction of sp³-hybridized carbons (Fsp3) is 0.188. The van der Waals surface area contributed by atoms with E-state index < -0.39 is 6.16 Å². The summed E-state index contributed by atoms with van der Waals surface area (Å²) in [6.45, 7) is 3.55. The molecule has 2 aromatic carbocycles. The zero-order chi connectivity index (χ0) is 14.5. The van der Waals surface area contributed by atoms with Crippen LogP contribution in [0.15, 0.2) is 53.0 Å². The zero-order valence-electron chi connectivity index (χ0n) is 11.3. The van der Waals surface area contributed by atoms with E-state index in [1.807, 2.05) is 36.4 Å². The minimum Gasteiger partial charge on any atom is -0.431 e. The van der Waals surface area contributed by atoms with Crippen LogP contribution in [-0.2, 0) is 4.74 Å². The second-order valence-electron chi connectivity index (χ2n) is 4.55. The van der Waals surface area contributed by atoms with Gasteiger partial charge in [0.25, 0.3) is 0 Å². The fourth-order valence-corrected chi connectivity index (χ4v) is 1.93. The maximum atomic E-state index is 11.4. The molecule has 0 fully saturated rings. The number of hydrogen-bond acceptors (Lipinski definition) is 3. The molecule has 0 amide bonds. The number of ether oxygens (including phenoxy) is 2. The SMILES string of the molecule is CC(C)OC(=O)Oc1ccc(-c2ccc(Br)cc2)cc1. The van der Waals surface area contributed by atoms with Crippen LogP contribution in [0, 0.1) is 0 Å². The highest BCUT2D eigenvalue weighted by Gasteiger charge is 2.08. The maximum Gasteiger partial charge on any atom is 0.514 e. The summed E-state index contributed by atoms with van der Waals surface area (Å²) in [5.41, 5.74) is 2.16. The van der Waals surface area contributed by atoms with Crippen LogP contribution >= 0.6 is 15.9 Å².